The van der Waals surface area contributed by atoms with Gasteiger partial charge in [0.05, 0.1) is 40.3 Å². The number of ether oxygens (including phenoxy) is 1. The highest BCUT2D eigenvalue weighted by Gasteiger charge is 2.36. The topological polar surface area (TPSA) is 120 Å². The van der Waals surface area contributed by atoms with Gasteiger partial charge in [-0.2, -0.15) is 13.2 Å². The van der Waals surface area contributed by atoms with Crippen LogP contribution >= 0.6 is 0 Å². The monoisotopic (exact) mass is 537 g/mol. The molecule has 3 atom stereocenters. The Morgan fingerprint density at radius 3 is 2.55 bits per heavy atom. The van der Waals surface area contributed by atoms with Crippen molar-refractivity contribution in [1.29, 1.82) is 0 Å². The minimum Gasteiger partial charge on any atom is -0.396 e. The number of nitrogens with one attached hydrogen (secondary N) is 2. The van der Waals surface area contributed by atoms with Crippen LogP contribution in [0.25, 0.3) is 10.9 Å². The third-order valence-corrected chi connectivity index (χ3v) is 6.20. The Labute approximate surface area is 214 Å². The van der Waals surface area contributed by atoms with Crippen molar-refractivity contribution in [3.63, 3.8) is 0 Å². The fourth-order valence-electron chi connectivity index (χ4n) is 4.64. The molecule has 0 saturated carbocycles. The number of nitrogens with zero attached hydrogens (tertiary/aromatic N) is 3. The first-order chi connectivity index (χ1) is 17.9. The van der Waals surface area contributed by atoms with E-state index in [4.69, 9.17) is 4.74 Å². The van der Waals surface area contributed by atoms with Crippen LogP contribution in [-0.4, -0.2) is 62.8 Å². The average Bonchev–Trinajstić information content (AvgIpc) is 2.82. The Hall–Kier alpha value is -3.58. The van der Waals surface area contributed by atoms with Gasteiger partial charge in [-0.05, 0) is 51.0 Å². The summed E-state index contributed by atoms with van der Waals surface area (Å²) in [6, 6.07) is 1.48. The molecular formula is C25H27F4N5O4. The minimum absolute atomic E-state index is 0.0253. The van der Waals surface area contributed by atoms with Crippen LogP contribution in [0, 0.1) is 12.7 Å². The molecule has 1 aromatic carbocycles. The molecular weight excluding hydrogens is 510 g/mol. The summed E-state index contributed by atoms with van der Waals surface area (Å²) < 4.78 is 62.8. The summed E-state index contributed by atoms with van der Waals surface area (Å²) >= 11 is 0. The number of benzene rings is 1. The summed E-state index contributed by atoms with van der Waals surface area (Å²) in [5.74, 6) is -1.67. The van der Waals surface area contributed by atoms with Crippen molar-refractivity contribution >= 4 is 22.6 Å². The molecule has 0 bridgehead atoms. The van der Waals surface area contributed by atoms with Gasteiger partial charge in [0.1, 0.15) is 5.82 Å². The van der Waals surface area contributed by atoms with E-state index in [2.05, 4.69) is 20.3 Å². The van der Waals surface area contributed by atoms with Crippen LogP contribution < -0.4 is 10.9 Å². The molecule has 204 valence electrons. The van der Waals surface area contributed by atoms with Crippen molar-refractivity contribution in [2.75, 3.05) is 25.0 Å². The lowest BCUT2D eigenvalue weighted by Gasteiger charge is -2.35. The van der Waals surface area contributed by atoms with E-state index in [1.165, 1.54) is 11.8 Å². The van der Waals surface area contributed by atoms with E-state index in [-0.39, 0.29) is 46.5 Å². The van der Waals surface area contributed by atoms with Gasteiger partial charge in [-0.1, -0.05) is 0 Å². The Kier molecular flexibility index (Phi) is 7.70. The molecule has 1 fully saturated rings. The normalized spacial score (nSPS) is 19.0. The van der Waals surface area contributed by atoms with E-state index in [0.29, 0.717) is 13.1 Å². The molecule has 4 rings (SSSR count). The van der Waals surface area contributed by atoms with Crippen molar-refractivity contribution in [2.24, 2.45) is 0 Å². The van der Waals surface area contributed by atoms with Crippen LogP contribution in [0.15, 0.2) is 29.2 Å². The number of aliphatic hydroxyl groups excluding tert-OH is 1. The number of aromatic amines is 1. The summed E-state index contributed by atoms with van der Waals surface area (Å²) in [4.78, 5) is 37.2. The Morgan fingerprint density at radius 1 is 1.26 bits per heavy atom. The maximum Gasteiger partial charge on any atom is 0.416 e. The SMILES string of the molecule is Cc1nc2cc(C(F)(F)F)c(C(CCO)Nc3ncc(C(=O)N4CC(C)OC(C)C4)cc3F)cc2c(=O)[nH]1. The molecule has 9 nitrogen and oxygen atoms in total. The number of fused-ring (bicyclic) bond motifs is 1. The first-order valence-corrected chi connectivity index (χ1v) is 12.0. The maximum atomic E-state index is 15.1. The van der Waals surface area contributed by atoms with Crippen LogP contribution in [-0.2, 0) is 10.9 Å². The number of rotatable bonds is 6. The molecule has 1 saturated heterocycles. The smallest absolute Gasteiger partial charge is 0.396 e. The highest BCUT2D eigenvalue weighted by atomic mass is 19.4. The molecule has 1 aliphatic heterocycles. The average molecular weight is 538 g/mol. The van der Waals surface area contributed by atoms with E-state index in [1.54, 1.807) is 0 Å². The maximum absolute atomic E-state index is 15.1. The molecule has 0 aliphatic carbocycles. The lowest BCUT2D eigenvalue weighted by Crippen LogP contribution is -2.48. The molecule has 1 amide bonds. The van der Waals surface area contributed by atoms with Gasteiger partial charge in [-0.15, -0.1) is 0 Å². The molecule has 3 aromatic rings. The standard InChI is InChI=1S/C25H27F4N5O4/c1-12-10-34(11-13(2)38-12)24(37)15-6-19(26)22(30-9-15)33-20(4-5-35)16-7-17-21(8-18(16)25(27,28)29)31-14(3)32-23(17)36/h6-9,12-13,20,35H,4-5,10-11H2,1-3H3,(H,30,33)(H,31,32,36). The number of aryl methyl sites for hydroxylation is 1. The third kappa shape index (κ3) is 5.78. The second-order valence-electron chi connectivity index (χ2n) is 9.34. The van der Waals surface area contributed by atoms with Crippen molar-refractivity contribution < 1.29 is 32.2 Å². The molecule has 1 aliphatic rings. The van der Waals surface area contributed by atoms with Gasteiger partial charge in [0, 0.05) is 25.9 Å². The number of amides is 1. The summed E-state index contributed by atoms with van der Waals surface area (Å²) in [6.07, 6.45) is -4.34. The summed E-state index contributed by atoms with van der Waals surface area (Å²) in [5.41, 5.74) is -2.28. The van der Waals surface area contributed by atoms with Crippen LogP contribution in [0.4, 0.5) is 23.4 Å². The predicted molar refractivity (Wildman–Crippen MR) is 130 cm³/mol. The highest BCUT2D eigenvalue weighted by molar-refractivity contribution is 5.94. The summed E-state index contributed by atoms with van der Waals surface area (Å²) in [7, 11) is 0. The van der Waals surface area contributed by atoms with E-state index in [1.807, 2.05) is 13.8 Å². The second-order valence-corrected chi connectivity index (χ2v) is 9.34. The number of hydrogen-bond acceptors (Lipinski definition) is 7. The fraction of sp³-hybridized carbons (Fsp3) is 0.440. The number of hydrogen-bond donors (Lipinski definition) is 3. The number of carbonyl (C=O) groups excluding carboxylic acids is 1. The molecule has 0 radical (unpaired) electrons. The second kappa shape index (κ2) is 10.7. The van der Waals surface area contributed by atoms with Crippen molar-refractivity contribution in [1.82, 2.24) is 19.9 Å². The summed E-state index contributed by atoms with van der Waals surface area (Å²) in [5, 5.41) is 12.1. The number of anilines is 1. The molecule has 3 N–H and O–H groups in total. The number of pyridine rings is 1. The zero-order chi connectivity index (χ0) is 27.8. The quantitative estimate of drug-likeness (QED) is 0.411. The minimum atomic E-state index is -4.83. The molecule has 0 spiro atoms. The number of H-pyrrole nitrogens is 1. The summed E-state index contributed by atoms with van der Waals surface area (Å²) in [6.45, 7) is 5.17. The lowest BCUT2D eigenvalue weighted by atomic mass is 9.95. The van der Waals surface area contributed by atoms with Crippen LogP contribution in [0.3, 0.4) is 0 Å². The Balaban J connectivity index is 1.69. The zero-order valence-corrected chi connectivity index (χ0v) is 20.9. The zero-order valence-electron chi connectivity index (χ0n) is 20.9. The van der Waals surface area contributed by atoms with E-state index in [0.717, 1.165) is 24.4 Å². The van der Waals surface area contributed by atoms with E-state index < -0.39 is 47.5 Å². The predicted octanol–water partition coefficient (Wildman–Crippen LogP) is 3.57. The number of alkyl halides is 3. The first kappa shape index (κ1) is 27.5. The number of halogens is 4. The Bertz CT molecular complexity index is 1400. The van der Waals surface area contributed by atoms with Gasteiger partial charge < -0.3 is 25.0 Å². The highest BCUT2D eigenvalue weighted by Crippen LogP contribution is 2.38. The molecule has 3 unspecified atom stereocenters. The van der Waals surface area contributed by atoms with Crippen LogP contribution in [0.1, 0.15) is 53.6 Å². The fourth-order valence-corrected chi connectivity index (χ4v) is 4.64. The molecule has 13 heteroatoms. The van der Waals surface area contributed by atoms with Gasteiger partial charge >= 0.3 is 6.18 Å². The third-order valence-electron chi connectivity index (χ3n) is 6.20. The van der Waals surface area contributed by atoms with E-state index in [9.17, 15) is 27.9 Å². The molecule has 2 aromatic heterocycles. The number of morpholine rings is 1. The van der Waals surface area contributed by atoms with Gasteiger partial charge in [0.2, 0.25) is 0 Å². The van der Waals surface area contributed by atoms with Gasteiger partial charge in [0.15, 0.2) is 11.6 Å². The number of aromatic nitrogens is 3. The van der Waals surface area contributed by atoms with Gasteiger partial charge in [-0.25, -0.2) is 14.4 Å². The van der Waals surface area contributed by atoms with Crippen LogP contribution in [0.5, 0.6) is 0 Å². The Morgan fingerprint density at radius 2 is 1.95 bits per heavy atom. The van der Waals surface area contributed by atoms with Crippen molar-refractivity contribution in [3.8, 4) is 0 Å². The number of carbonyl (C=O) groups is 1. The van der Waals surface area contributed by atoms with Crippen molar-refractivity contribution in [3.05, 3.63) is 63.1 Å². The largest absolute Gasteiger partial charge is 0.416 e. The van der Waals surface area contributed by atoms with Crippen LogP contribution in [0.2, 0.25) is 0 Å². The van der Waals surface area contributed by atoms with Crippen molar-refractivity contribution in [2.45, 2.75) is 51.6 Å². The lowest BCUT2D eigenvalue weighted by molar-refractivity contribution is -0.138. The number of aliphatic hydroxyl groups is 1. The molecule has 3 heterocycles. The van der Waals surface area contributed by atoms with E-state index >= 15 is 4.39 Å². The van der Waals surface area contributed by atoms with Gasteiger partial charge in [0.25, 0.3) is 11.5 Å². The molecule has 38 heavy (non-hydrogen) atoms. The van der Waals surface area contributed by atoms with Gasteiger partial charge in [-0.3, -0.25) is 9.59 Å². The first-order valence-electron chi connectivity index (χ1n) is 12.0.